The maximum Gasteiger partial charge on any atom is 0.319 e. The van der Waals surface area contributed by atoms with Gasteiger partial charge in [0.15, 0.2) is 0 Å². The summed E-state index contributed by atoms with van der Waals surface area (Å²) >= 11 is 0. The van der Waals surface area contributed by atoms with Crippen molar-refractivity contribution < 1.29 is 13.6 Å². The van der Waals surface area contributed by atoms with E-state index in [1.165, 1.54) is 0 Å². The fraction of sp³-hybridized carbons (Fsp3) is 0.188. The van der Waals surface area contributed by atoms with Crippen molar-refractivity contribution in [2.45, 2.75) is 13.3 Å². The van der Waals surface area contributed by atoms with Crippen molar-refractivity contribution in [1.29, 1.82) is 0 Å². The number of hydrogen-bond acceptors (Lipinski definition) is 1. The SMILES string of the molecule is Cc1cccc(CCNC(=O)Nc2cc(F)ccc2F)c1. The summed E-state index contributed by atoms with van der Waals surface area (Å²) in [4.78, 5) is 11.6. The van der Waals surface area contributed by atoms with E-state index in [4.69, 9.17) is 0 Å². The second kappa shape index (κ2) is 6.83. The van der Waals surface area contributed by atoms with Gasteiger partial charge in [-0.05, 0) is 31.0 Å². The highest BCUT2D eigenvalue weighted by atomic mass is 19.1. The van der Waals surface area contributed by atoms with Crippen molar-refractivity contribution in [3.63, 3.8) is 0 Å². The Balaban J connectivity index is 1.84. The summed E-state index contributed by atoms with van der Waals surface area (Å²) in [6.45, 7) is 2.41. The summed E-state index contributed by atoms with van der Waals surface area (Å²) in [5.41, 5.74) is 2.08. The Kier molecular flexibility index (Phi) is 4.87. The van der Waals surface area contributed by atoms with Crippen LogP contribution in [0, 0.1) is 18.6 Å². The van der Waals surface area contributed by atoms with Crippen LogP contribution in [-0.4, -0.2) is 12.6 Å². The number of rotatable bonds is 4. The Morgan fingerprint density at radius 1 is 1.14 bits per heavy atom. The van der Waals surface area contributed by atoms with Gasteiger partial charge >= 0.3 is 6.03 Å². The van der Waals surface area contributed by atoms with E-state index in [1.54, 1.807) is 0 Å². The van der Waals surface area contributed by atoms with Gasteiger partial charge in [-0.2, -0.15) is 0 Å². The van der Waals surface area contributed by atoms with Gasteiger partial charge in [0.2, 0.25) is 0 Å². The van der Waals surface area contributed by atoms with Gasteiger partial charge in [-0.25, -0.2) is 13.6 Å². The smallest absolute Gasteiger partial charge is 0.319 e. The van der Waals surface area contributed by atoms with Gasteiger partial charge in [0.25, 0.3) is 0 Å². The second-order valence-electron chi connectivity index (χ2n) is 4.74. The van der Waals surface area contributed by atoms with Gasteiger partial charge in [-0.15, -0.1) is 0 Å². The molecule has 0 atom stereocenters. The van der Waals surface area contributed by atoms with E-state index in [0.717, 1.165) is 29.3 Å². The van der Waals surface area contributed by atoms with Crippen LogP contribution in [0.3, 0.4) is 0 Å². The molecule has 0 unspecified atom stereocenters. The highest BCUT2D eigenvalue weighted by Crippen LogP contribution is 2.14. The lowest BCUT2D eigenvalue weighted by atomic mass is 10.1. The normalized spacial score (nSPS) is 10.2. The third-order valence-corrected chi connectivity index (χ3v) is 2.96. The number of urea groups is 1. The summed E-state index contributed by atoms with van der Waals surface area (Å²) in [5, 5.41) is 4.89. The van der Waals surface area contributed by atoms with E-state index >= 15 is 0 Å². The number of benzene rings is 2. The van der Waals surface area contributed by atoms with Crippen LogP contribution in [0.5, 0.6) is 0 Å². The van der Waals surface area contributed by atoms with Crippen molar-refractivity contribution >= 4 is 11.7 Å². The molecule has 0 heterocycles. The van der Waals surface area contributed by atoms with Crippen molar-refractivity contribution in [3.8, 4) is 0 Å². The van der Waals surface area contributed by atoms with Crippen molar-refractivity contribution in [3.05, 3.63) is 65.2 Å². The molecule has 0 aliphatic heterocycles. The molecule has 0 bridgehead atoms. The Hall–Kier alpha value is -2.43. The molecule has 0 aliphatic rings. The van der Waals surface area contributed by atoms with E-state index in [-0.39, 0.29) is 5.69 Å². The number of carbonyl (C=O) groups excluding carboxylic acids is 1. The lowest BCUT2D eigenvalue weighted by Gasteiger charge is -2.09. The van der Waals surface area contributed by atoms with E-state index in [9.17, 15) is 13.6 Å². The fourth-order valence-corrected chi connectivity index (χ4v) is 1.95. The molecule has 3 nitrogen and oxygen atoms in total. The molecule has 0 radical (unpaired) electrons. The average Bonchev–Trinajstić information content (AvgIpc) is 2.43. The van der Waals surface area contributed by atoms with Crippen LogP contribution < -0.4 is 10.6 Å². The molecule has 0 fully saturated rings. The molecule has 2 N–H and O–H groups in total. The summed E-state index contributed by atoms with van der Waals surface area (Å²) in [5.74, 6) is -1.28. The van der Waals surface area contributed by atoms with Gasteiger partial charge in [0.1, 0.15) is 11.6 Å². The molecule has 2 amide bonds. The Bertz CT molecular complexity index is 644. The van der Waals surface area contributed by atoms with Crippen molar-refractivity contribution in [1.82, 2.24) is 5.32 Å². The molecule has 5 heteroatoms. The van der Waals surface area contributed by atoms with Crippen molar-refractivity contribution in [2.24, 2.45) is 0 Å². The topological polar surface area (TPSA) is 41.1 Å². The lowest BCUT2D eigenvalue weighted by molar-refractivity contribution is 0.252. The highest BCUT2D eigenvalue weighted by Gasteiger charge is 2.07. The average molecular weight is 290 g/mol. The first-order valence-electron chi connectivity index (χ1n) is 6.60. The number of aryl methyl sites for hydroxylation is 1. The van der Waals surface area contributed by atoms with Crippen LogP contribution in [0.2, 0.25) is 0 Å². The monoisotopic (exact) mass is 290 g/mol. The first kappa shape index (κ1) is 15.0. The van der Waals surface area contributed by atoms with E-state index in [0.29, 0.717) is 13.0 Å². The Morgan fingerprint density at radius 2 is 1.95 bits per heavy atom. The Labute approximate surface area is 122 Å². The number of nitrogens with one attached hydrogen (secondary N) is 2. The summed E-state index contributed by atoms with van der Waals surface area (Å²) in [7, 11) is 0. The molecule has 0 saturated heterocycles. The van der Waals surface area contributed by atoms with Gasteiger partial charge in [-0.1, -0.05) is 29.8 Å². The first-order chi connectivity index (χ1) is 10.0. The molecular weight excluding hydrogens is 274 g/mol. The predicted octanol–water partition coefficient (Wildman–Crippen LogP) is 3.64. The summed E-state index contributed by atoms with van der Waals surface area (Å²) in [6, 6.07) is 10.3. The van der Waals surface area contributed by atoms with Crippen LogP contribution in [-0.2, 0) is 6.42 Å². The number of carbonyl (C=O) groups is 1. The minimum Gasteiger partial charge on any atom is -0.338 e. The zero-order valence-electron chi connectivity index (χ0n) is 11.6. The Morgan fingerprint density at radius 3 is 2.71 bits per heavy atom. The van der Waals surface area contributed by atoms with E-state index < -0.39 is 17.7 Å². The number of hydrogen-bond donors (Lipinski definition) is 2. The molecular formula is C16H16F2N2O. The minimum atomic E-state index is -0.676. The zero-order valence-corrected chi connectivity index (χ0v) is 11.6. The van der Waals surface area contributed by atoms with Gasteiger partial charge in [0, 0.05) is 12.6 Å². The highest BCUT2D eigenvalue weighted by molar-refractivity contribution is 5.89. The third kappa shape index (κ3) is 4.56. The number of anilines is 1. The third-order valence-electron chi connectivity index (χ3n) is 2.96. The second-order valence-corrected chi connectivity index (χ2v) is 4.74. The fourth-order valence-electron chi connectivity index (χ4n) is 1.95. The largest absolute Gasteiger partial charge is 0.338 e. The van der Waals surface area contributed by atoms with E-state index in [1.807, 2.05) is 31.2 Å². The maximum atomic E-state index is 13.4. The van der Waals surface area contributed by atoms with Gasteiger partial charge in [-0.3, -0.25) is 0 Å². The quantitative estimate of drug-likeness (QED) is 0.887. The molecule has 2 aromatic rings. The molecule has 21 heavy (non-hydrogen) atoms. The van der Waals surface area contributed by atoms with Gasteiger partial charge in [0.05, 0.1) is 5.69 Å². The van der Waals surface area contributed by atoms with E-state index in [2.05, 4.69) is 10.6 Å². The van der Waals surface area contributed by atoms with Crippen LogP contribution in [0.25, 0.3) is 0 Å². The molecule has 2 rings (SSSR count). The summed E-state index contributed by atoms with van der Waals surface area (Å²) in [6.07, 6.45) is 0.667. The van der Waals surface area contributed by atoms with Crippen molar-refractivity contribution in [2.75, 3.05) is 11.9 Å². The molecule has 0 aromatic heterocycles. The van der Waals surface area contributed by atoms with Gasteiger partial charge < -0.3 is 10.6 Å². The van der Waals surface area contributed by atoms with Crippen LogP contribution in [0.1, 0.15) is 11.1 Å². The first-order valence-corrected chi connectivity index (χ1v) is 6.60. The standard InChI is InChI=1S/C16H16F2N2O/c1-11-3-2-4-12(9-11)7-8-19-16(21)20-15-10-13(17)5-6-14(15)18/h2-6,9-10H,7-8H2,1H3,(H2,19,20,21). The minimum absolute atomic E-state index is 0.178. The number of halogens is 2. The zero-order chi connectivity index (χ0) is 15.2. The molecule has 0 saturated carbocycles. The molecule has 110 valence electrons. The predicted molar refractivity (Wildman–Crippen MR) is 78.3 cm³/mol. The molecule has 2 aromatic carbocycles. The van der Waals surface area contributed by atoms with Crippen LogP contribution >= 0.6 is 0 Å². The maximum absolute atomic E-state index is 13.4. The molecule has 0 aliphatic carbocycles. The van der Waals surface area contributed by atoms with Crippen LogP contribution in [0.15, 0.2) is 42.5 Å². The lowest BCUT2D eigenvalue weighted by Crippen LogP contribution is -2.30. The summed E-state index contributed by atoms with van der Waals surface area (Å²) < 4.78 is 26.3. The van der Waals surface area contributed by atoms with Crippen LogP contribution in [0.4, 0.5) is 19.3 Å². The molecule has 0 spiro atoms. The number of amides is 2.